The van der Waals surface area contributed by atoms with Crippen LogP contribution in [-0.4, -0.2) is 63.4 Å². The van der Waals surface area contributed by atoms with Crippen LogP contribution in [0.5, 0.6) is 0 Å². The molecule has 45 heavy (non-hydrogen) atoms. The van der Waals surface area contributed by atoms with Crippen molar-refractivity contribution in [3.63, 3.8) is 0 Å². The number of fused-ring (bicyclic) bond motifs is 1. The predicted molar refractivity (Wildman–Crippen MR) is 177 cm³/mol. The molecule has 0 bridgehead atoms. The van der Waals surface area contributed by atoms with Crippen molar-refractivity contribution in [2.45, 2.75) is 17.6 Å². The Morgan fingerprint density at radius 1 is 1.00 bits per heavy atom. The molecular formula is C32H27N5O5S3. The average molecular weight is 658 g/mol. The lowest BCUT2D eigenvalue weighted by molar-refractivity contribution is -0.153. The number of benzene rings is 3. The minimum Gasteiger partial charge on any atom is -0.477 e. The van der Waals surface area contributed by atoms with E-state index in [1.54, 1.807) is 5.38 Å². The molecule has 4 aromatic rings. The number of β-lactam (4-membered cyclic amide) rings is 1. The number of oxime groups is 1. The lowest BCUT2D eigenvalue weighted by Crippen LogP contribution is -2.72. The number of hydrogen-bond acceptors (Lipinski definition) is 10. The minimum absolute atomic E-state index is 0.120. The molecule has 2 aliphatic rings. The van der Waals surface area contributed by atoms with Gasteiger partial charge >= 0.3 is 5.97 Å². The van der Waals surface area contributed by atoms with Gasteiger partial charge in [0, 0.05) is 11.1 Å². The summed E-state index contributed by atoms with van der Waals surface area (Å²) in [6, 6.07) is 28.7. The standard InChI is InChI=1S/C32H27N5O5S3/c1-42-36-24(27(38)34-25-23-18-44-30(43)26(29(40)41)37(23)28(25)39)22-17-45-31(33-22)35-32(19-11-5-2-6-12-19,20-13-7-3-8-14-20)21-15-9-4-10-16-21/h2-17,23,25,43H,18H2,1H3,(H,33,35)(H,34,38)(H,40,41). The second-order valence-electron chi connectivity index (χ2n) is 10.1. The molecule has 1 aromatic heterocycles. The van der Waals surface area contributed by atoms with E-state index in [9.17, 15) is 19.5 Å². The Labute approximate surface area is 272 Å². The van der Waals surface area contributed by atoms with Crippen molar-refractivity contribution in [1.82, 2.24) is 15.2 Å². The van der Waals surface area contributed by atoms with Gasteiger partial charge in [-0.05, 0) is 16.7 Å². The normalized spacial score (nSPS) is 18.1. The number of hydrogen-bond donors (Lipinski definition) is 4. The Morgan fingerprint density at radius 3 is 2.07 bits per heavy atom. The number of carboxylic acid groups (broad SMARTS) is 1. The molecule has 6 rings (SSSR count). The van der Waals surface area contributed by atoms with E-state index in [1.807, 2.05) is 54.6 Å². The molecule has 0 saturated carbocycles. The maximum absolute atomic E-state index is 13.5. The van der Waals surface area contributed by atoms with Crippen LogP contribution >= 0.6 is 35.7 Å². The van der Waals surface area contributed by atoms with Crippen LogP contribution in [0, 0.1) is 0 Å². The number of nitrogens with one attached hydrogen (secondary N) is 2. The summed E-state index contributed by atoms with van der Waals surface area (Å²) in [6.07, 6.45) is 0. The summed E-state index contributed by atoms with van der Waals surface area (Å²) < 4.78 is 0.249. The maximum atomic E-state index is 13.5. The molecule has 2 aliphatic heterocycles. The molecule has 10 nitrogen and oxygen atoms in total. The Morgan fingerprint density at radius 2 is 1.56 bits per heavy atom. The number of anilines is 1. The predicted octanol–water partition coefficient (Wildman–Crippen LogP) is 4.52. The molecule has 2 atom stereocenters. The molecule has 1 fully saturated rings. The van der Waals surface area contributed by atoms with E-state index in [0.717, 1.165) is 16.7 Å². The third-order valence-electron chi connectivity index (χ3n) is 7.60. The fourth-order valence-electron chi connectivity index (χ4n) is 5.57. The molecule has 13 heteroatoms. The van der Waals surface area contributed by atoms with Crippen molar-refractivity contribution in [1.29, 1.82) is 0 Å². The fourth-order valence-corrected chi connectivity index (χ4v) is 7.74. The second kappa shape index (κ2) is 12.8. The van der Waals surface area contributed by atoms with Gasteiger partial charge in [0.1, 0.15) is 30.1 Å². The summed E-state index contributed by atoms with van der Waals surface area (Å²) in [4.78, 5) is 49.1. The highest BCUT2D eigenvalue weighted by Gasteiger charge is 2.54. The summed E-state index contributed by atoms with van der Waals surface area (Å²) in [5.41, 5.74) is 2.07. The quantitative estimate of drug-likeness (QED) is 0.0644. The van der Waals surface area contributed by atoms with Crippen LogP contribution < -0.4 is 10.6 Å². The van der Waals surface area contributed by atoms with Crippen LogP contribution in [0.25, 0.3) is 0 Å². The van der Waals surface area contributed by atoms with Gasteiger partial charge < -0.3 is 20.6 Å². The van der Waals surface area contributed by atoms with Gasteiger partial charge in [-0.1, -0.05) is 96.2 Å². The molecule has 228 valence electrons. The maximum Gasteiger partial charge on any atom is 0.354 e. The first-order valence-electron chi connectivity index (χ1n) is 13.8. The van der Waals surface area contributed by atoms with Crippen LogP contribution in [-0.2, 0) is 24.8 Å². The van der Waals surface area contributed by atoms with Crippen molar-refractivity contribution >= 4 is 64.4 Å². The Bertz CT molecular complexity index is 1700. The molecule has 3 aromatic carbocycles. The lowest BCUT2D eigenvalue weighted by Gasteiger charge is -2.49. The number of thiol groups is 1. The van der Waals surface area contributed by atoms with Gasteiger partial charge in [0.15, 0.2) is 10.8 Å². The van der Waals surface area contributed by atoms with E-state index in [2.05, 4.69) is 64.8 Å². The van der Waals surface area contributed by atoms with Crippen molar-refractivity contribution in [3.8, 4) is 0 Å². The summed E-state index contributed by atoms with van der Waals surface area (Å²) in [7, 11) is 1.32. The zero-order valence-electron chi connectivity index (χ0n) is 23.8. The number of aromatic nitrogens is 1. The summed E-state index contributed by atoms with van der Waals surface area (Å²) in [5.74, 6) is -2.07. The first-order chi connectivity index (χ1) is 21.8. The topological polar surface area (TPSA) is 133 Å². The number of aliphatic carboxylic acids is 1. The third-order valence-corrected chi connectivity index (χ3v) is 9.93. The van der Waals surface area contributed by atoms with Crippen molar-refractivity contribution in [2.24, 2.45) is 5.16 Å². The van der Waals surface area contributed by atoms with E-state index < -0.39 is 35.4 Å². The van der Waals surface area contributed by atoms with Crippen LogP contribution in [0.2, 0.25) is 0 Å². The van der Waals surface area contributed by atoms with Gasteiger partial charge in [0.05, 0.1) is 10.3 Å². The highest BCUT2D eigenvalue weighted by Crippen LogP contribution is 2.42. The number of nitrogens with zero attached hydrogens (tertiary/aromatic N) is 3. The lowest BCUT2D eigenvalue weighted by atomic mass is 9.77. The smallest absolute Gasteiger partial charge is 0.354 e. The van der Waals surface area contributed by atoms with Gasteiger partial charge in [-0.2, -0.15) is 0 Å². The molecule has 0 aliphatic carbocycles. The fraction of sp³-hybridized carbons (Fsp3) is 0.156. The zero-order valence-corrected chi connectivity index (χ0v) is 26.3. The van der Waals surface area contributed by atoms with Crippen LogP contribution in [0.1, 0.15) is 22.4 Å². The van der Waals surface area contributed by atoms with Crippen molar-refractivity contribution < 1.29 is 24.3 Å². The Kier molecular flexibility index (Phi) is 8.65. The van der Waals surface area contributed by atoms with Gasteiger partial charge in [0.2, 0.25) is 0 Å². The van der Waals surface area contributed by atoms with Crippen molar-refractivity contribution in [2.75, 3.05) is 18.2 Å². The monoisotopic (exact) mass is 657 g/mol. The second-order valence-corrected chi connectivity index (χ2v) is 12.8. The van der Waals surface area contributed by atoms with Crippen LogP contribution in [0.3, 0.4) is 0 Å². The van der Waals surface area contributed by atoms with Gasteiger partial charge in [-0.25, -0.2) is 9.78 Å². The summed E-state index contributed by atoms with van der Waals surface area (Å²) in [5, 5.41) is 22.1. The van der Waals surface area contributed by atoms with Gasteiger partial charge in [-0.15, -0.1) is 35.7 Å². The van der Waals surface area contributed by atoms with E-state index in [1.165, 1.54) is 35.1 Å². The number of rotatable bonds is 10. The molecule has 3 heterocycles. The van der Waals surface area contributed by atoms with E-state index >= 15 is 0 Å². The van der Waals surface area contributed by atoms with Crippen molar-refractivity contribution in [3.05, 3.63) is 129 Å². The molecule has 2 unspecified atom stereocenters. The highest BCUT2D eigenvalue weighted by atomic mass is 32.2. The first-order valence-corrected chi connectivity index (χ1v) is 16.1. The molecule has 2 amide bonds. The van der Waals surface area contributed by atoms with E-state index in [-0.39, 0.29) is 21.3 Å². The first kappa shape index (κ1) is 30.4. The van der Waals surface area contributed by atoms with E-state index in [4.69, 9.17) is 9.82 Å². The number of thioether (sulfide) groups is 1. The van der Waals surface area contributed by atoms with Gasteiger partial charge in [-0.3, -0.25) is 14.5 Å². The van der Waals surface area contributed by atoms with Crippen LogP contribution in [0.4, 0.5) is 5.13 Å². The Hall–Kier alpha value is -4.59. The third kappa shape index (κ3) is 5.58. The number of carboxylic acids is 1. The largest absolute Gasteiger partial charge is 0.477 e. The molecule has 1 saturated heterocycles. The summed E-state index contributed by atoms with van der Waals surface area (Å²) in [6.45, 7) is 0. The molecular weight excluding hydrogens is 631 g/mol. The van der Waals surface area contributed by atoms with Crippen LogP contribution in [0.15, 0.2) is 111 Å². The molecule has 0 spiro atoms. The Balaban J connectivity index is 1.31. The highest BCUT2D eigenvalue weighted by molar-refractivity contribution is 8.15. The average Bonchev–Trinajstić information content (AvgIpc) is 3.53. The number of thiazole rings is 1. The molecule has 0 radical (unpaired) electrons. The number of carbonyl (C=O) groups excluding carboxylic acids is 2. The zero-order chi connectivity index (χ0) is 31.6. The minimum atomic E-state index is -1.25. The molecule has 3 N–H and O–H groups in total. The summed E-state index contributed by atoms with van der Waals surface area (Å²) >= 11 is 6.72. The van der Waals surface area contributed by atoms with E-state index in [0.29, 0.717) is 10.9 Å². The van der Waals surface area contributed by atoms with Gasteiger partial charge in [0.25, 0.3) is 11.8 Å². The SMILES string of the molecule is CON=C(C(=O)NC1C(=O)N2C(C(=O)O)=C(S)SCC12)c1csc(NC(c2ccccc2)(c2ccccc2)c2ccccc2)n1. The number of carbonyl (C=O) groups is 3. The number of amides is 2.